The molecule has 2 aromatic carbocycles. The van der Waals surface area contributed by atoms with Gasteiger partial charge in [0.15, 0.2) is 22.4 Å². The molecule has 1 saturated heterocycles. The number of aryl methyl sites for hydroxylation is 1. The molecule has 1 fully saturated rings. The summed E-state index contributed by atoms with van der Waals surface area (Å²) in [6, 6.07) is 12.4. The Morgan fingerprint density at radius 1 is 1.18 bits per heavy atom. The van der Waals surface area contributed by atoms with Gasteiger partial charge in [0, 0.05) is 29.5 Å². The van der Waals surface area contributed by atoms with Crippen LogP contribution in [0.3, 0.4) is 0 Å². The number of rotatable bonds is 11. The molecule has 228 valence electrons. The second-order valence-electron chi connectivity index (χ2n) is 9.73. The molecule has 0 unspecified atom stereocenters. The number of Topliss-reactive ketones (excluding diaryl/α,β-unsaturated/α-hetero) is 1. The fraction of sp³-hybridized carbons (Fsp3) is 0.296. The number of hydrogen-bond acceptors (Lipinski definition) is 13. The number of fused-ring (bicyclic) bond motifs is 1. The normalized spacial score (nSPS) is 18.2. The minimum absolute atomic E-state index is 0.00325. The van der Waals surface area contributed by atoms with Crippen molar-refractivity contribution in [1.29, 1.82) is 0 Å². The van der Waals surface area contributed by atoms with E-state index in [1.165, 1.54) is 37.5 Å². The summed E-state index contributed by atoms with van der Waals surface area (Å²) >= 11 is 1.07. The van der Waals surface area contributed by atoms with Crippen molar-refractivity contribution in [1.82, 2.24) is 19.5 Å². The fourth-order valence-corrected chi connectivity index (χ4v) is 6.12. The fourth-order valence-electron chi connectivity index (χ4n) is 4.46. The molecule has 0 saturated carbocycles. The topological polar surface area (TPSA) is 214 Å². The monoisotopic (exact) mass is 638 g/mol. The second-order valence-corrected chi connectivity index (χ2v) is 12.3. The summed E-state index contributed by atoms with van der Waals surface area (Å²) in [7, 11) is -4.10. The van der Waals surface area contributed by atoms with E-state index in [1.54, 1.807) is 28.8 Å². The quantitative estimate of drug-likeness (QED) is 0.0356. The van der Waals surface area contributed by atoms with E-state index in [2.05, 4.69) is 25.0 Å². The minimum Gasteiger partial charge on any atom is -0.460 e. The lowest BCUT2D eigenvalue weighted by molar-refractivity contribution is -0.150. The summed E-state index contributed by atoms with van der Waals surface area (Å²) in [6.45, 7) is 2.68. The van der Waals surface area contributed by atoms with Crippen LogP contribution in [-0.4, -0.2) is 64.3 Å². The molecule has 2 N–H and O–H groups in total. The Morgan fingerprint density at radius 3 is 2.59 bits per heavy atom. The van der Waals surface area contributed by atoms with Crippen molar-refractivity contribution >= 4 is 56.3 Å². The molecule has 0 spiro atoms. The first-order valence-corrected chi connectivity index (χ1v) is 15.5. The third-order valence-corrected chi connectivity index (χ3v) is 8.76. The summed E-state index contributed by atoms with van der Waals surface area (Å²) in [4.78, 5) is 40.3. The van der Waals surface area contributed by atoms with Crippen LogP contribution >= 0.6 is 11.8 Å². The number of nitrogens with zero attached hydrogens (tertiary/aromatic N) is 7. The van der Waals surface area contributed by atoms with Gasteiger partial charge < -0.3 is 15.2 Å². The summed E-state index contributed by atoms with van der Waals surface area (Å²) < 4.78 is 43.9. The van der Waals surface area contributed by atoms with E-state index in [4.69, 9.17) is 24.9 Å². The maximum absolute atomic E-state index is 12.8. The highest BCUT2D eigenvalue weighted by Crippen LogP contribution is 2.34. The molecule has 17 heteroatoms. The first kappa shape index (κ1) is 30.9. The van der Waals surface area contributed by atoms with Gasteiger partial charge in [0.25, 0.3) is 10.1 Å². The average Bonchev–Trinajstić information content (AvgIpc) is 3.59. The molecule has 1 aliphatic rings. The number of carbonyl (C=O) groups excluding carboxylic acids is 2. The molecule has 2 aromatic heterocycles. The Balaban J connectivity index is 1.32. The minimum atomic E-state index is -4.10. The highest BCUT2D eigenvalue weighted by molar-refractivity contribution is 7.99. The van der Waals surface area contributed by atoms with E-state index in [-0.39, 0.29) is 33.8 Å². The van der Waals surface area contributed by atoms with Gasteiger partial charge in [-0.05, 0) is 24.6 Å². The highest BCUT2D eigenvalue weighted by Gasteiger charge is 2.40. The van der Waals surface area contributed by atoms with Gasteiger partial charge >= 0.3 is 5.97 Å². The third kappa shape index (κ3) is 6.98. The van der Waals surface area contributed by atoms with Gasteiger partial charge in [-0.2, -0.15) is 8.42 Å². The zero-order chi connectivity index (χ0) is 31.4. The Labute approximate surface area is 255 Å². The largest absolute Gasteiger partial charge is 0.460 e. The number of ether oxygens (including phenoxy) is 2. The van der Waals surface area contributed by atoms with Crippen LogP contribution in [0.2, 0.25) is 0 Å². The molecular formula is C27H26N8O7S2. The van der Waals surface area contributed by atoms with Gasteiger partial charge in [-0.15, -0.1) is 0 Å². The lowest BCUT2D eigenvalue weighted by atomic mass is 10.1. The molecule has 0 aliphatic carbocycles. The van der Waals surface area contributed by atoms with E-state index < -0.39 is 41.1 Å². The average molecular weight is 639 g/mol. The maximum Gasteiger partial charge on any atom is 0.302 e. The number of azide groups is 1. The van der Waals surface area contributed by atoms with Crippen molar-refractivity contribution in [3.63, 3.8) is 0 Å². The van der Waals surface area contributed by atoms with Crippen LogP contribution in [0.25, 0.3) is 21.6 Å². The number of thioether (sulfide) groups is 1. The molecule has 5 rings (SSSR count). The Kier molecular flexibility index (Phi) is 9.12. The number of carbonyl (C=O) groups is 2. The van der Waals surface area contributed by atoms with Gasteiger partial charge in [-0.3, -0.25) is 18.3 Å². The van der Waals surface area contributed by atoms with Gasteiger partial charge in [0.2, 0.25) is 0 Å². The van der Waals surface area contributed by atoms with Crippen LogP contribution in [0.1, 0.15) is 35.5 Å². The number of anilines is 1. The Bertz CT molecular complexity index is 1860. The SMILES string of the molecule is CC(=O)O[C@@H]1C[C@H](n2cnc3c(N)nc(SCC(=O)c4ccc(N=[N+]=[N-])cc4)nc32)O[C@@H]1COS(=O)(=O)c1ccc(C)cc1. The summed E-state index contributed by atoms with van der Waals surface area (Å²) in [6.07, 6.45) is -0.900. The molecule has 44 heavy (non-hydrogen) atoms. The first-order chi connectivity index (χ1) is 21.0. The van der Waals surface area contributed by atoms with Crippen molar-refractivity contribution in [2.24, 2.45) is 5.11 Å². The molecule has 4 aromatic rings. The number of imidazole rings is 1. The molecule has 0 amide bonds. The second kappa shape index (κ2) is 13.0. The van der Waals surface area contributed by atoms with Crippen LogP contribution in [0.4, 0.5) is 11.5 Å². The number of aromatic nitrogens is 4. The molecule has 0 radical (unpaired) electrons. The first-order valence-electron chi connectivity index (χ1n) is 13.1. The van der Waals surface area contributed by atoms with E-state index in [0.717, 1.165) is 17.3 Å². The molecule has 3 heterocycles. The molecule has 3 atom stereocenters. The standard InChI is InChI=1S/C27H26N8O7S2/c1-15-3-9-19(10-4-15)44(38,39)40-12-22-21(41-16(2)36)11-23(42-22)35-14-30-24-25(28)31-27(32-26(24)35)43-13-20(37)17-5-7-18(8-6-17)33-34-29/h3-10,14,21-23H,11-13H2,1-2H3,(H2,28,31,32)/t21-,22-,23-/m1/s1. The number of benzene rings is 2. The Morgan fingerprint density at radius 2 is 1.91 bits per heavy atom. The van der Waals surface area contributed by atoms with Crippen molar-refractivity contribution in [3.05, 3.63) is 76.4 Å². The van der Waals surface area contributed by atoms with Crippen LogP contribution in [0, 0.1) is 6.92 Å². The lowest BCUT2D eigenvalue weighted by Gasteiger charge is -2.18. The summed E-state index contributed by atoms with van der Waals surface area (Å²) in [5.74, 6) is -0.682. The zero-order valence-corrected chi connectivity index (χ0v) is 25.1. The predicted octanol–water partition coefficient (Wildman–Crippen LogP) is 4.26. The van der Waals surface area contributed by atoms with E-state index in [1.807, 2.05) is 6.92 Å². The Hall–Kier alpha value is -4.54. The van der Waals surface area contributed by atoms with Crippen molar-refractivity contribution < 1.29 is 31.7 Å². The van der Waals surface area contributed by atoms with Crippen LogP contribution in [0.15, 0.2) is 70.0 Å². The van der Waals surface area contributed by atoms with Crippen molar-refractivity contribution in [2.75, 3.05) is 18.1 Å². The van der Waals surface area contributed by atoms with Crippen LogP contribution in [0.5, 0.6) is 0 Å². The zero-order valence-electron chi connectivity index (χ0n) is 23.4. The lowest BCUT2D eigenvalue weighted by Crippen LogP contribution is -2.31. The van der Waals surface area contributed by atoms with Gasteiger partial charge in [-0.25, -0.2) is 15.0 Å². The third-order valence-electron chi connectivity index (χ3n) is 6.61. The van der Waals surface area contributed by atoms with Gasteiger partial charge in [0.1, 0.15) is 24.0 Å². The van der Waals surface area contributed by atoms with Crippen molar-refractivity contribution in [3.8, 4) is 0 Å². The number of nitrogens with two attached hydrogens (primary N) is 1. The number of hydrogen-bond donors (Lipinski definition) is 1. The van der Waals surface area contributed by atoms with E-state index in [9.17, 15) is 18.0 Å². The maximum atomic E-state index is 12.8. The van der Waals surface area contributed by atoms with E-state index in [0.29, 0.717) is 22.4 Å². The predicted molar refractivity (Wildman–Crippen MR) is 158 cm³/mol. The highest BCUT2D eigenvalue weighted by atomic mass is 32.2. The molecular weight excluding hydrogens is 612 g/mol. The van der Waals surface area contributed by atoms with E-state index >= 15 is 0 Å². The summed E-state index contributed by atoms with van der Waals surface area (Å²) in [5.41, 5.74) is 17.0. The van der Waals surface area contributed by atoms with Crippen LogP contribution in [-0.2, 0) is 28.6 Å². The molecule has 15 nitrogen and oxygen atoms in total. The van der Waals surface area contributed by atoms with Gasteiger partial charge in [-0.1, -0.05) is 58.8 Å². The molecule has 1 aliphatic heterocycles. The number of ketones is 1. The number of nitrogen functional groups attached to an aromatic ring is 1. The smallest absolute Gasteiger partial charge is 0.302 e. The summed E-state index contributed by atoms with van der Waals surface area (Å²) in [5, 5.41) is 3.70. The number of esters is 1. The molecule has 0 bridgehead atoms. The van der Waals surface area contributed by atoms with Crippen LogP contribution < -0.4 is 5.73 Å². The van der Waals surface area contributed by atoms with Crippen molar-refractivity contribution in [2.45, 2.75) is 48.8 Å². The van der Waals surface area contributed by atoms with Gasteiger partial charge in [0.05, 0.1) is 23.6 Å².